The Balaban J connectivity index is 2.43. The van der Waals surface area contributed by atoms with Crippen LogP contribution in [0.4, 0.5) is 0 Å². The molecule has 1 aromatic carbocycles. The van der Waals surface area contributed by atoms with E-state index in [1.807, 2.05) is 43.3 Å². The zero-order valence-electron chi connectivity index (χ0n) is 9.48. The van der Waals surface area contributed by atoms with Gasteiger partial charge in [-0.25, -0.2) is 4.79 Å². The first-order valence-electron chi connectivity index (χ1n) is 5.27. The van der Waals surface area contributed by atoms with Crippen molar-refractivity contribution in [2.45, 2.75) is 13.3 Å². The lowest BCUT2D eigenvalue weighted by atomic mass is 10.1. The van der Waals surface area contributed by atoms with Crippen LogP contribution in [0.5, 0.6) is 0 Å². The number of ether oxygens (including phenoxy) is 1. The van der Waals surface area contributed by atoms with Crippen LogP contribution in [0.15, 0.2) is 43.0 Å². The van der Waals surface area contributed by atoms with Crippen molar-refractivity contribution >= 4 is 12.0 Å². The van der Waals surface area contributed by atoms with E-state index in [2.05, 4.69) is 6.58 Å². The van der Waals surface area contributed by atoms with Crippen LogP contribution >= 0.6 is 0 Å². The fourth-order valence-electron chi connectivity index (χ4n) is 1.32. The van der Waals surface area contributed by atoms with Gasteiger partial charge in [0.25, 0.3) is 0 Å². The van der Waals surface area contributed by atoms with Crippen LogP contribution in [-0.2, 0) is 16.0 Å². The van der Waals surface area contributed by atoms with Crippen LogP contribution in [-0.4, -0.2) is 12.6 Å². The third-order valence-electron chi connectivity index (χ3n) is 2.14. The molecule has 0 fully saturated rings. The summed E-state index contributed by atoms with van der Waals surface area (Å²) in [6, 6.07) is 8.17. The molecule has 16 heavy (non-hydrogen) atoms. The van der Waals surface area contributed by atoms with Gasteiger partial charge in [0.05, 0.1) is 6.61 Å². The van der Waals surface area contributed by atoms with Crippen LogP contribution in [0.3, 0.4) is 0 Å². The lowest BCUT2D eigenvalue weighted by Gasteiger charge is -2.02. The first-order valence-corrected chi connectivity index (χ1v) is 5.27. The summed E-state index contributed by atoms with van der Waals surface area (Å²) in [7, 11) is 0. The van der Waals surface area contributed by atoms with Gasteiger partial charge in [0.1, 0.15) is 0 Å². The van der Waals surface area contributed by atoms with Gasteiger partial charge in [0, 0.05) is 12.5 Å². The van der Waals surface area contributed by atoms with Gasteiger partial charge in [-0.3, -0.25) is 0 Å². The number of carbonyl (C=O) groups is 1. The Hall–Kier alpha value is -1.83. The highest BCUT2D eigenvalue weighted by Crippen LogP contribution is 2.07. The average Bonchev–Trinajstić information content (AvgIpc) is 2.31. The first kappa shape index (κ1) is 12.2. The quantitative estimate of drug-likeness (QED) is 0.558. The molecule has 0 atom stereocenters. The zero-order chi connectivity index (χ0) is 11.8. The van der Waals surface area contributed by atoms with Crippen molar-refractivity contribution in [2.24, 2.45) is 0 Å². The second-order valence-electron chi connectivity index (χ2n) is 3.36. The van der Waals surface area contributed by atoms with Gasteiger partial charge in [0.15, 0.2) is 0 Å². The minimum atomic E-state index is -0.370. The molecule has 1 aromatic rings. The Morgan fingerprint density at radius 3 is 2.62 bits per heavy atom. The Kier molecular flexibility index (Phi) is 5.06. The maximum absolute atomic E-state index is 10.8. The highest BCUT2D eigenvalue weighted by Gasteiger charge is 1.97. The van der Waals surface area contributed by atoms with E-state index < -0.39 is 0 Å². The van der Waals surface area contributed by atoms with Crippen LogP contribution in [0.1, 0.15) is 18.1 Å². The molecule has 0 spiro atoms. The number of hydrogen-bond donors (Lipinski definition) is 0. The number of allylic oxidation sites excluding steroid dienone is 1. The highest BCUT2D eigenvalue weighted by molar-refractivity contribution is 5.81. The van der Waals surface area contributed by atoms with Gasteiger partial charge < -0.3 is 4.74 Å². The molecule has 2 heteroatoms. The average molecular weight is 216 g/mol. The van der Waals surface area contributed by atoms with E-state index >= 15 is 0 Å². The van der Waals surface area contributed by atoms with Crippen molar-refractivity contribution in [3.63, 3.8) is 0 Å². The number of benzene rings is 1. The lowest BCUT2D eigenvalue weighted by Crippen LogP contribution is -2.04. The van der Waals surface area contributed by atoms with Crippen LogP contribution in [0.2, 0.25) is 0 Å². The smallest absolute Gasteiger partial charge is 0.330 e. The van der Waals surface area contributed by atoms with E-state index in [1.165, 1.54) is 11.6 Å². The summed E-state index contributed by atoms with van der Waals surface area (Å²) in [5.74, 6) is -0.370. The van der Waals surface area contributed by atoms with Crippen LogP contribution < -0.4 is 0 Å². The molecule has 0 bridgehead atoms. The summed E-state index contributed by atoms with van der Waals surface area (Å²) >= 11 is 0. The molecule has 0 unspecified atom stereocenters. The topological polar surface area (TPSA) is 26.3 Å². The normalized spacial score (nSPS) is 10.3. The van der Waals surface area contributed by atoms with Gasteiger partial charge in [0.2, 0.25) is 0 Å². The third-order valence-corrected chi connectivity index (χ3v) is 2.14. The SMILES string of the molecule is C=CC(=O)OCCc1ccc(C=CC)cc1. The van der Waals surface area contributed by atoms with Crippen molar-refractivity contribution in [3.05, 3.63) is 54.1 Å². The summed E-state index contributed by atoms with van der Waals surface area (Å²) in [6.07, 6.45) is 5.95. The second-order valence-corrected chi connectivity index (χ2v) is 3.36. The van der Waals surface area contributed by atoms with Gasteiger partial charge in [-0.15, -0.1) is 0 Å². The maximum Gasteiger partial charge on any atom is 0.330 e. The molecule has 1 rings (SSSR count). The highest BCUT2D eigenvalue weighted by atomic mass is 16.5. The van der Waals surface area contributed by atoms with E-state index in [0.29, 0.717) is 6.61 Å². The predicted octanol–water partition coefficient (Wildman–Crippen LogP) is 2.99. The molecular weight excluding hydrogens is 200 g/mol. The number of hydrogen-bond acceptors (Lipinski definition) is 2. The molecule has 0 aliphatic carbocycles. The van der Waals surface area contributed by atoms with Crippen LogP contribution in [0.25, 0.3) is 6.08 Å². The fraction of sp³-hybridized carbons (Fsp3) is 0.214. The predicted molar refractivity (Wildman–Crippen MR) is 66.0 cm³/mol. The summed E-state index contributed by atoms with van der Waals surface area (Å²) < 4.78 is 4.90. The zero-order valence-corrected chi connectivity index (χ0v) is 9.48. The van der Waals surface area contributed by atoms with Crippen molar-refractivity contribution in [2.75, 3.05) is 6.61 Å². The second kappa shape index (κ2) is 6.62. The Labute approximate surface area is 96.2 Å². The number of carbonyl (C=O) groups excluding carboxylic acids is 1. The Morgan fingerprint density at radius 1 is 1.38 bits per heavy atom. The third kappa shape index (κ3) is 4.13. The van der Waals surface area contributed by atoms with E-state index in [-0.39, 0.29) is 5.97 Å². The number of esters is 1. The number of rotatable bonds is 5. The summed E-state index contributed by atoms with van der Waals surface area (Å²) in [5, 5.41) is 0. The summed E-state index contributed by atoms with van der Waals surface area (Å²) in [6.45, 7) is 5.72. The molecule has 0 saturated carbocycles. The molecule has 0 N–H and O–H groups in total. The van der Waals surface area contributed by atoms with Gasteiger partial charge in [-0.1, -0.05) is 43.0 Å². The van der Waals surface area contributed by atoms with Crippen LogP contribution in [0, 0.1) is 0 Å². The summed E-state index contributed by atoms with van der Waals surface area (Å²) in [5.41, 5.74) is 2.33. The molecular formula is C14H16O2. The Morgan fingerprint density at radius 2 is 2.06 bits per heavy atom. The van der Waals surface area contributed by atoms with E-state index in [9.17, 15) is 4.79 Å². The maximum atomic E-state index is 10.8. The Bertz CT molecular complexity index is 374. The molecule has 0 aliphatic heterocycles. The van der Waals surface area contributed by atoms with Gasteiger partial charge in [-0.2, -0.15) is 0 Å². The standard InChI is InChI=1S/C14H16O2/c1-3-5-12-6-8-13(9-7-12)10-11-16-14(15)4-2/h3-9H,2,10-11H2,1H3. The molecule has 84 valence electrons. The molecule has 0 amide bonds. The minimum Gasteiger partial charge on any atom is -0.462 e. The molecule has 0 aromatic heterocycles. The minimum absolute atomic E-state index is 0.370. The lowest BCUT2D eigenvalue weighted by molar-refractivity contribution is -0.137. The monoisotopic (exact) mass is 216 g/mol. The van der Waals surface area contributed by atoms with Gasteiger partial charge >= 0.3 is 5.97 Å². The molecule has 0 saturated heterocycles. The molecule has 0 heterocycles. The molecule has 0 aliphatic rings. The van der Waals surface area contributed by atoms with Crippen molar-refractivity contribution in [1.82, 2.24) is 0 Å². The molecule has 2 nitrogen and oxygen atoms in total. The van der Waals surface area contributed by atoms with E-state index in [1.54, 1.807) is 0 Å². The van der Waals surface area contributed by atoms with E-state index in [0.717, 1.165) is 12.0 Å². The summed E-state index contributed by atoms with van der Waals surface area (Å²) in [4.78, 5) is 10.8. The van der Waals surface area contributed by atoms with E-state index in [4.69, 9.17) is 4.74 Å². The van der Waals surface area contributed by atoms with Crippen molar-refractivity contribution < 1.29 is 9.53 Å². The van der Waals surface area contributed by atoms with Crippen molar-refractivity contribution in [3.8, 4) is 0 Å². The van der Waals surface area contributed by atoms with Crippen molar-refractivity contribution in [1.29, 1.82) is 0 Å². The molecule has 0 radical (unpaired) electrons. The van der Waals surface area contributed by atoms with Gasteiger partial charge in [-0.05, 0) is 18.1 Å². The largest absolute Gasteiger partial charge is 0.462 e. The first-order chi connectivity index (χ1) is 7.76. The fourth-order valence-corrected chi connectivity index (χ4v) is 1.32.